The van der Waals surface area contributed by atoms with Gasteiger partial charge in [-0.15, -0.1) is 12.4 Å². The van der Waals surface area contributed by atoms with Crippen molar-refractivity contribution in [2.45, 2.75) is 18.9 Å². The lowest BCUT2D eigenvalue weighted by atomic mass is 10.0. The van der Waals surface area contributed by atoms with Gasteiger partial charge >= 0.3 is 0 Å². The van der Waals surface area contributed by atoms with Crippen LogP contribution in [0.4, 0.5) is 0 Å². The molecule has 4 nitrogen and oxygen atoms in total. The van der Waals surface area contributed by atoms with Crippen LogP contribution in [0, 0.1) is 4.77 Å². The van der Waals surface area contributed by atoms with Crippen LogP contribution in [0.15, 0.2) is 30.5 Å². The highest BCUT2D eigenvalue weighted by Crippen LogP contribution is 2.30. The second kappa shape index (κ2) is 6.43. The summed E-state index contributed by atoms with van der Waals surface area (Å²) in [5.41, 5.74) is 8.04. The highest BCUT2D eigenvalue weighted by atomic mass is 35.5. The van der Waals surface area contributed by atoms with E-state index < -0.39 is 0 Å². The maximum absolute atomic E-state index is 5.84. The third-order valence-corrected chi connectivity index (χ3v) is 3.83. The lowest BCUT2D eigenvalue weighted by molar-refractivity contribution is 0.220. The van der Waals surface area contributed by atoms with Gasteiger partial charge in [-0.3, -0.25) is 0 Å². The van der Waals surface area contributed by atoms with E-state index in [4.69, 9.17) is 22.7 Å². The number of fused-ring (bicyclic) bond motifs is 1. The molecule has 1 aromatic carbocycles. The second-order valence-corrected chi connectivity index (χ2v) is 5.16. The molecule has 0 amide bonds. The van der Waals surface area contributed by atoms with Gasteiger partial charge in [0.15, 0.2) is 4.77 Å². The molecule has 3 N–H and O–H groups in total. The maximum Gasteiger partial charge on any atom is 0.177 e. The summed E-state index contributed by atoms with van der Waals surface area (Å²) in [6.07, 6.45) is 3.72. The van der Waals surface area contributed by atoms with E-state index in [0.29, 0.717) is 13.2 Å². The van der Waals surface area contributed by atoms with Crippen LogP contribution in [0.2, 0.25) is 0 Å². The number of ether oxygens (including phenoxy) is 1. The molecule has 0 saturated carbocycles. The highest BCUT2D eigenvalue weighted by molar-refractivity contribution is 7.71. The zero-order chi connectivity index (χ0) is 13.2. The zero-order valence-corrected chi connectivity index (χ0v) is 12.7. The van der Waals surface area contributed by atoms with Crippen molar-refractivity contribution in [3.05, 3.63) is 46.5 Å². The molecule has 0 radical (unpaired) electrons. The molecule has 1 atom stereocenters. The summed E-state index contributed by atoms with van der Waals surface area (Å²) in [4.78, 5) is 3.11. The third kappa shape index (κ3) is 2.75. The van der Waals surface area contributed by atoms with Crippen LogP contribution >= 0.6 is 24.6 Å². The van der Waals surface area contributed by atoms with E-state index in [2.05, 4.69) is 15.6 Å². The minimum absolute atomic E-state index is 0. The molecule has 3 rings (SSSR count). The maximum atomic E-state index is 5.84. The van der Waals surface area contributed by atoms with Gasteiger partial charge in [-0.05, 0) is 30.4 Å². The molecule has 2 heterocycles. The molecular formula is C14H18ClN3OS. The summed E-state index contributed by atoms with van der Waals surface area (Å²) in [5, 5.41) is 0. The Morgan fingerprint density at radius 3 is 3.00 bits per heavy atom. The van der Waals surface area contributed by atoms with Crippen LogP contribution in [0.25, 0.3) is 0 Å². The van der Waals surface area contributed by atoms with Gasteiger partial charge in [0.25, 0.3) is 0 Å². The fraction of sp³-hybridized carbons (Fsp3) is 0.357. The Hall–Kier alpha value is -1.30. The number of para-hydroxylation sites is 1. The lowest BCUT2D eigenvalue weighted by Crippen LogP contribution is -2.26. The first-order valence-electron chi connectivity index (χ1n) is 6.49. The van der Waals surface area contributed by atoms with Crippen molar-refractivity contribution in [2.24, 2.45) is 5.73 Å². The number of nitrogens with two attached hydrogens (primary N) is 1. The molecule has 1 aromatic heterocycles. The first-order valence-corrected chi connectivity index (χ1v) is 6.90. The Morgan fingerprint density at radius 2 is 2.20 bits per heavy atom. The van der Waals surface area contributed by atoms with Crippen molar-refractivity contribution < 1.29 is 4.74 Å². The number of imidazole rings is 1. The van der Waals surface area contributed by atoms with Crippen LogP contribution in [-0.4, -0.2) is 22.7 Å². The Bertz CT molecular complexity index is 637. The van der Waals surface area contributed by atoms with E-state index in [0.717, 1.165) is 29.1 Å². The molecule has 0 unspecified atom stereocenters. The molecule has 0 saturated heterocycles. The largest absolute Gasteiger partial charge is 0.491 e. The first-order chi connectivity index (χ1) is 9.29. The Morgan fingerprint density at radius 1 is 1.40 bits per heavy atom. The summed E-state index contributed by atoms with van der Waals surface area (Å²) >= 11 is 5.38. The van der Waals surface area contributed by atoms with Crippen LogP contribution in [0.1, 0.15) is 17.3 Å². The van der Waals surface area contributed by atoms with Gasteiger partial charge in [0.1, 0.15) is 12.4 Å². The number of hydrogen-bond donors (Lipinski definition) is 2. The highest BCUT2D eigenvalue weighted by Gasteiger charge is 2.23. The molecule has 0 aliphatic carbocycles. The third-order valence-electron chi connectivity index (χ3n) is 3.52. The molecule has 0 bridgehead atoms. The van der Waals surface area contributed by atoms with E-state index >= 15 is 0 Å². The van der Waals surface area contributed by atoms with Crippen LogP contribution in [-0.2, 0) is 12.8 Å². The molecule has 1 aliphatic heterocycles. The Kier molecular flexibility index (Phi) is 4.86. The number of nitrogens with one attached hydrogen (secondary N) is 1. The number of hydrogen-bond acceptors (Lipinski definition) is 3. The molecular weight excluding hydrogens is 294 g/mol. The smallest absolute Gasteiger partial charge is 0.177 e. The normalized spacial score (nSPS) is 16.9. The molecule has 20 heavy (non-hydrogen) atoms. The molecule has 0 spiro atoms. The number of nitrogens with zero attached hydrogens (tertiary/aromatic N) is 1. The first kappa shape index (κ1) is 15.1. The van der Waals surface area contributed by atoms with Crippen molar-refractivity contribution in [3.63, 3.8) is 0 Å². The minimum Gasteiger partial charge on any atom is -0.491 e. The van der Waals surface area contributed by atoms with Crippen LogP contribution < -0.4 is 10.5 Å². The quantitative estimate of drug-likeness (QED) is 0.857. The van der Waals surface area contributed by atoms with Crippen molar-refractivity contribution in [1.82, 2.24) is 9.55 Å². The number of halogens is 1. The average molecular weight is 312 g/mol. The summed E-state index contributed by atoms with van der Waals surface area (Å²) < 4.78 is 8.73. The topological polar surface area (TPSA) is 56.0 Å². The van der Waals surface area contributed by atoms with Crippen molar-refractivity contribution in [3.8, 4) is 5.75 Å². The number of aromatic amines is 1. The Labute approximate surface area is 129 Å². The van der Waals surface area contributed by atoms with Gasteiger partial charge in [-0.2, -0.15) is 0 Å². The van der Waals surface area contributed by atoms with E-state index in [1.807, 2.05) is 24.4 Å². The number of rotatable bonds is 3. The molecule has 1 aliphatic rings. The lowest BCUT2D eigenvalue weighted by Gasteiger charge is -2.27. The predicted molar refractivity (Wildman–Crippen MR) is 84.3 cm³/mol. The van der Waals surface area contributed by atoms with Gasteiger partial charge in [-0.1, -0.05) is 18.2 Å². The van der Waals surface area contributed by atoms with Crippen LogP contribution in [0.5, 0.6) is 5.75 Å². The fourth-order valence-corrected chi connectivity index (χ4v) is 2.96. The van der Waals surface area contributed by atoms with Crippen molar-refractivity contribution in [2.75, 3.05) is 13.2 Å². The van der Waals surface area contributed by atoms with Crippen molar-refractivity contribution in [1.29, 1.82) is 0 Å². The fourth-order valence-electron chi connectivity index (χ4n) is 2.63. The van der Waals surface area contributed by atoms with E-state index in [1.54, 1.807) is 0 Å². The summed E-state index contributed by atoms with van der Waals surface area (Å²) in [5.74, 6) is 0.987. The predicted octanol–water partition coefficient (Wildman–Crippen LogP) is 2.64. The molecule has 2 aromatic rings. The molecule has 108 valence electrons. The SMILES string of the molecule is Cl.NCCc1c[nH]c(=S)n1[C@H]1COc2ccccc2C1. The number of aromatic nitrogens is 2. The average Bonchev–Trinajstić information content (AvgIpc) is 2.80. The van der Waals surface area contributed by atoms with E-state index in [-0.39, 0.29) is 18.4 Å². The zero-order valence-electron chi connectivity index (χ0n) is 11.0. The minimum atomic E-state index is 0. The Balaban J connectivity index is 0.00000147. The standard InChI is InChI=1S/C14H17N3OS.ClH/c15-6-5-11-8-16-14(19)17(11)12-7-10-3-1-2-4-13(10)18-9-12;/h1-4,8,12H,5-7,9,15H2,(H,16,19);1H/t12-;/m1./s1. The number of H-pyrrole nitrogens is 1. The van der Waals surface area contributed by atoms with Crippen LogP contribution in [0.3, 0.4) is 0 Å². The van der Waals surface area contributed by atoms with Crippen molar-refractivity contribution >= 4 is 24.6 Å². The van der Waals surface area contributed by atoms with Gasteiger partial charge in [0.2, 0.25) is 0 Å². The molecule has 0 fully saturated rings. The summed E-state index contributed by atoms with van der Waals surface area (Å²) in [7, 11) is 0. The van der Waals surface area contributed by atoms with Gasteiger partial charge in [-0.25, -0.2) is 0 Å². The monoisotopic (exact) mass is 311 g/mol. The summed E-state index contributed by atoms with van der Waals surface area (Å²) in [6.45, 7) is 1.28. The molecule has 6 heteroatoms. The van der Waals surface area contributed by atoms with Gasteiger partial charge in [0.05, 0.1) is 6.04 Å². The van der Waals surface area contributed by atoms with E-state index in [1.165, 1.54) is 5.56 Å². The number of benzene rings is 1. The van der Waals surface area contributed by atoms with Gasteiger partial charge in [0, 0.05) is 24.7 Å². The summed E-state index contributed by atoms with van der Waals surface area (Å²) in [6, 6.07) is 8.42. The van der Waals surface area contributed by atoms with E-state index in [9.17, 15) is 0 Å². The van der Waals surface area contributed by atoms with Gasteiger partial charge < -0.3 is 20.0 Å². The second-order valence-electron chi connectivity index (χ2n) is 4.77.